The number of hydrogen-bond donors (Lipinski definition) is 2. The zero-order valence-electron chi connectivity index (χ0n) is 12.5. The summed E-state index contributed by atoms with van der Waals surface area (Å²) in [6, 6.07) is 7.84. The molecule has 1 saturated heterocycles. The van der Waals surface area contributed by atoms with E-state index in [9.17, 15) is 4.79 Å². The van der Waals surface area contributed by atoms with Crippen LogP contribution in [-0.2, 0) is 4.79 Å². The van der Waals surface area contributed by atoms with E-state index in [0.29, 0.717) is 0 Å². The van der Waals surface area contributed by atoms with Crippen molar-refractivity contribution in [2.24, 2.45) is 5.41 Å². The van der Waals surface area contributed by atoms with Gasteiger partial charge in [-0.2, -0.15) is 0 Å². The van der Waals surface area contributed by atoms with Gasteiger partial charge in [-0.15, -0.1) is 0 Å². The third-order valence-corrected chi connectivity index (χ3v) is 4.37. The van der Waals surface area contributed by atoms with Crippen molar-refractivity contribution in [2.75, 3.05) is 20.2 Å². The highest BCUT2D eigenvalue weighted by molar-refractivity contribution is 5.83. The Hall–Kier alpha value is -1.55. The maximum Gasteiger partial charge on any atom is 0.228 e. The molecule has 0 spiro atoms. The van der Waals surface area contributed by atoms with Gasteiger partial charge in [0.05, 0.1) is 18.6 Å². The highest BCUT2D eigenvalue weighted by Crippen LogP contribution is 2.30. The first kappa shape index (κ1) is 14.9. The molecule has 0 saturated carbocycles. The molecule has 110 valence electrons. The molecule has 4 nitrogen and oxygen atoms in total. The molecule has 1 aliphatic heterocycles. The lowest BCUT2D eigenvalue weighted by molar-refractivity contribution is -0.131. The SMILES string of the molecule is CCC1(C(=O)N[C@H](C)c2ccc(OC)cc2)CCNC1. The fourth-order valence-corrected chi connectivity index (χ4v) is 2.73. The summed E-state index contributed by atoms with van der Waals surface area (Å²) >= 11 is 0. The molecule has 4 heteroatoms. The molecular formula is C16H24N2O2. The van der Waals surface area contributed by atoms with Gasteiger partial charge in [0, 0.05) is 6.54 Å². The second-order valence-corrected chi connectivity index (χ2v) is 5.53. The first-order chi connectivity index (χ1) is 9.61. The van der Waals surface area contributed by atoms with Crippen LogP contribution in [0.15, 0.2) is 24.3 Å². The molecule has 0 aromatic heterocycles. The van der Waals surface area contributed by atoms with Crippen molar-refractivity contribution in [1.29, 1.82) is 0 Å². The fourth-order valence-electron chi connectivity index (χ4n) is 2.73. The molecule has 1 heterocycles. The number of nitrogens with one attached hydrogen (secondary N) is 2. The second-order valence-electron chi connectivity index (χ2n) is 5.53. The molecule has 20 heavy (non-hydrogen) atoms. The molecule has 1 unspecified atom stereocenters. The minimum absolute atomic E-state index is 0.0115. The predicted octanol–water partition coefficient (Wildman–Crippen LogP) is 2.26. The van der Waals surface area contributed by atoms with Crippen molar-refractivity contribution in [3.8, 4) is 5.75 Å². The van der Waals surface area contributed by atoms with E-state index in [4.69, 9.17) is 4.74 Å². The Bertz CT molecular complexity index is 450. The minimum Gasteiger partial charge on any atom is -0.497 e. The van der Waals surface area contributed by atoms with E-state index in [-0.39, 0.29) is 17.4 Å². The van der Waals surface area contributed by atoms with E-state index in [1.807, 2.05) is 31.2 Å². The lowest BCUT2D eigenvalue weighted by atomic mass is 9.83. The van der Waals surface area contributed by atoms with Gasteiger partial charge in [0.25, 0.3) is 0 Å². The van der Waals surface area contributed by atoms with Crippen LogP contribution in [0, 0.1) is 5.41 Å². The van der Waals surface area contributed by atoms with Crippen molar-refractivity contribution in [2.45, 2.75) is 32.7 Å². The molecular weight excluding hydrogens is 252 g/mol. The Labute approximate surface area is 120 Å². The van der Waals surface area contributed by atoms with Gasteiger partial charge in [-0.25, -0.2) is 0 Å². The number of hydrogen-bond acceptors (Lipinski definition) is 3. The van der Waals surface area contributed by atoms with Crippen molar-refractivity contribution in [3.05, 3.63) is 29.8 Å². The molecule has 0 bridgehead atoms. The van der Waals surface area contributed by atoms with Gasteiger partial charge < -0.3 is 15.4 Å². The number of methoxy groups -OCH3 is 1. The zero-order chi connectivity index (χ0) is 14.6. The molecule has 1 fully saturated rings. The second kappa shape index (κ2) is 6.27. The van der Waals surface area contributed by atoms with Crippen LogP contribution in [-0.4, -0.2) is 26.1 Å². The Morgan fingerprint density at radius 2 is 2.15 bits per heavy atom. The maximum atomic E-state index is 12.5. The van der Waals surface area contributed by atoms with Crippen molar-refractivity contribution in [1.82, 2.24) is 10.6 Å². The van der Waals surface area contributed by atoms with Crippen molar-refractivity contribution < 1.29 is 9.53 Å². The molecule has 2 rings (SSSR count). The first-order valence-corrected chi connectivity index (χ1v) is 7.27. The molecule has 2 N–H and O–H groups in total. The first-order valence-electron chi connectivity index (χ1n) is 7.27. The minimum atomic E-state index is -0.235. The standard InChI is InChI=1S/C16H24N2O2/c1-4-16(9-10-17-11-16)15(19)18-12(2)13-5-7-14(20-3)8-6-13/h5-8,12,17H,4,9-11H2,1-3H3,(H,18,19)/t12-,16?/m1/s1. The third kappa shape index (κ3) is 2.96. The highest BCUT2D eigenvalue weighted by atomic mass is 16.5. The van der Waals surface area contributed by atoms with Gasteiger partial charge in [-0.05, 0) is 44.0 Å². The lowest BCUT2D eigenvalue weighted by Crippen LogP contribution is -2.43. The van der Waals surface area contributed by atoms with Gasteiger partial charge in [0.15, 0.2) is 0 Å². The Morgan fingerprint density at radius 1 is 1.45 bits per heavy atom. The average molecular weight is 276 g/mol. The Kier molecular flexibility index (Phi) is 4.65. The summed E-state index contributed by atoms with van der Waals surface area (Å²) in [7, 11) is 1.65. The molecule has 1 aliphatic rings. The van der Waals surface area contributed by atoms with E-state index in [2.05, 4.69) is 17.6 Å². The van der Waals surface area contributed by atoms with E-state index >= 15 is 0 Å². The van der Waals surface area contributed by atoms with E-state index in [1.54, 1.807) is 7.11 Å². The van der Waals surface area contributed by atoms with Gasteiger partial charge in [-0.1, -0.05) is 19.1 Å². The van der Waals surface area contributed by atoms with Crippen LogP contribution < -0.4 is 15.4 Å². The van der Waals surface area contributed by atoms with Crippen LogP contribution in [0.25, 0.3) is 0 Å². The van der Waals surface area contributed by atoms with Crippen LogP contribution in [0.3, 0.4) is 0 Å². The van der Waals surface area contributed by atoms with Gasteiger partial charge in [-0.3, -0.25) is 4.79 Å². The number of benzene rings is 1. The summed E-state index contributed by atoms with van der Waals surface area (Å²) in [6.45, 7) is 5.82. The summed E-state index contributed by atoms with van der Waals surface area (Å²) < 4.78 is 5.15. The van der Waals surface area contributed by atoms with E-state index in [0.717, 1.165) is 37.2 Å². The molecule has 0 radical (unpaired) electrons. The summed E-state index contributed by atoms with van der Waals surface area (Å²) in [5, 5.41) is 6.44. The zero-order valence-corrected chi connectivity index (χ0v) is 12.5. The topological polar surface area (TPSA) is 50.4 Å². The largest absolute Gasteiger partial charge is 0.497 e. The van der Waals surface area contributed by atoms with Crippen molar-refractivity contribution in [3.63, 3.8) is 0 Å². The lowest BCUT2D eigenvalue weighted by Gasteiger charge is -2.27. The van der Waals surface area contributed by atoms with Crippen LogP contribution in [0.5, 0.6) is 5.75 Å². The molecule has 1 aromatic carbocycles. The number of carbonyl (C=O) groups excluding carboxylic acids is 1. The number of carbonyl (C=O) groups is 1. The molecule has 2 atom stereocenters. The summed E-state index contributed by atoms with van der Waals surface area (Å²) in [4.78, 5) is 12.5. The Morgan fingerprint density at radius 3 is 2.65 bits per heavy atom. The van der Waals surface area contributed by atoms with Crippen LogP contribution in [0.4, 0.5) is 0 Å². The molecule has 1 aromatic rings. The molecule has 0 aliphatic carbocycles. The Balaban J connectivity index is 2.02. The fraction of sp³-hybridized carbons (Fsp3) is 0.562. The smallest absolute Gasteiger partial charge is 0.228 e. The van der Waals surface area contributed by atoms with Gasteiger partial charge >= 0.3 is 0 Å². The number of rotatable bonds is 5. The van der Waals surface area contributed by atoms with E-state index in [1.165, 1.54) is 0 Å². The number of amides is 1. The third-order valence-electron chi connectivity index (χ3n) is 4.37. The summed E-state index contributed by atoms with van der Waals surface area (Å²) in [6.07, 6.45) is 1.80. The maximum absolute atomic E-state index is 12.5. The monoisotopic (exact) mass is 276 g/mol. The quantitative estimate of drug-likeness (QED) is 0.867. The van der Waals surface area contributed by atoms with Crippen LogP contribution in [0.2, 0.25) is 0 Å². The average Bonchev–Trinajstić information content (AvgIpc) is 2.97. The van der Waals surface area contributed by atoms with Crippen molar-refractivity contribution >= 4 is 5.91 Å². The predicted molar refractivity (Wildman–Crippen MR) is 79.8 cm³/mol. The van der Waals surface area contributed by atoms with Gasteiger partial charge in [0.1, 0.15) is 5.75 Å². The van der Waals surface area contributed by atoms with Crippen LogP contribution in [0.1, 0.15) is 38.3 Å². The highest BCUT2D eigenvalue weighted by Gasteiger charge is 2.39. The van der Waals surface area contributed by atoms with Gasteiger partial charge in [0.2, 0.25) is 5.91 Å². The molecule has 1 amide bonds. The normalized spacial score (nSPS) is 23.4. The van der Waals surface area contributed by atoms with E-state index < -0.39 is 0 Å². The van der Waals surface area contributed by atoms with Crippen LogP contribution >= 0.6 is 0 Å². The number of ether oxygens (including phenoxy) is 1. The summed E-state index contributed by atoms with van der Waals surface area (Å²) in [5.74, 6) is 0.991. The summed E-state index contributed by atoms with van der Waals surface area (Å²) in [5.41, 5.74) is 0.858.